The molecule has 0 saturated carbocycles. The van der Waals surface area contributed by atoms with E-state index in [0.29, 0.717) is 20.6 Å². The molecular formula is C12H14BrN5O2S. The Kier molecular flexibility index (Phi) is 4.33. The minimum absolute atomic E-state index is 0.205. The molecule has 21 heavy (non-hydrogen) atoms. The van der Waals surface area contributed by atoms with Gasteiger partial charge < -0.3 is 0 Å². The molecule has 2 aromatic rings. The summed E-state index contributed by atoms with van der Waals surface area (Å²) in [4.78, 5) is 35.1. The molecule has 2 aromatic heterocycles. The highest BCUT2D eigenvalue weighted by Gasteiger charge is 2.19. The second kappa shape index (κ2) is 5.72. The van der Waals surface area contributed by atoms with Crippen LogP contribution in [0.1, 0.15) is 26.6 Å². The molecule has 0 aliphatic carbocycles. The minimum Gasteiger partial charge on any atom is -0.265 e. The van der Waals surface area contributed by atoms with Crippen molar-refractivity contribution in [3.63, 3.8) is 0 Å². The molecule has 0 bridgehead atoms. The van der Waals surface area contributed by atoms with Crippen molar-refractivity contribution >= 4 is 27.7 Å². The van der Waals surface area contributed by atoms with Gasteiger partial charge in [0.15, 0.2) is 5.16 Å². The predicted molar refractivity (Wildman–Crippen MR) is 82.7 cm³/mol. The summed E-state index contributed by atoms with van der Waals surface area (Å²) in [6.45, 7) is 6.03. The average Bonchev–Trinajstić information content (AvgIpc) is 2.34. The number of aromatic nitrogens is 5. The number of nitrogens with one attached hydrogen (secondary N) is 1. The number of aromatic amines is 1. The van der Waals surface area contributed by atoms with Crippen molar-refractivity contribution in [2.45, 2.75) is 36.4 Å². The molecule has 9 heteroatoms. The zero-order chi connectivity index (χ0) is 15.8. The van der Waals surface area contributed by atoms with E-state index < -0.39 is 11.1 Å². The quantitative estimate of drug-likeness (QED) is 0.634. The van der Waals surface area contributed by atoms with Crippen LogP contribution in [0.25, 0.3) is 0 Å². The zero-order valence-corrected chi connectivity index (χ0v) is 14.4. The SMILES string of the molecule is Cn1[nH]c(=O)c(=O)nc1Sc1cc(Br)nc(C(C)(C)C)n1. The molecule has 1 N–H and O–H groups in total. The number of aryl methyl sites for hydroxylation is 1. The lowest BCUT2D eigenvalue weighted by Crippen LogP contribution is -2.33. The summed E-state index contributed by atoms with van der Waals surface area (Å²) in [6.07, 6.45) is 0. The first-order valence-corrected chi connectivity index (χ1v) is 7.68. The van der Waals surface area contributed by atoms with Crippen LogP contribution in [0, 0.1) is 0 Å². The van der Waals surface area contributed by atoms with Gasteiger partial charge >= 0.3 is 11.1 Å². The molecule has 0 amide bonds. The highest BCUT2D eigenvalue weighted by atomic mass is 79.9. The van der Waals surface area contributed by atoms with Crippen LogP contribution in [-0.4, -0.2) is 24.7 Å². The fourth-order valence-electron chi connectivity index (χ4n) is 1.43. The van der Waals surface area contributed by atoms with Crippen LogP contribution in [0.3, 0.4) is 0 Å². The van der Waals surface area contributed by atoms with Gasteiger partial charge in [-0.25, -0.2) is 9.97 Å². The molecule has 0 aliphatic rings. The van der Waals surface area contributed by atoms with Gasteiger partial charge in [0.1, 0.15) is 15.5 Å². The van der Waals surface area contributed by atoms with Crippen molar-refractivity contribution < 1.29 is 0 Å². The average molecular weight is 372 g/mol. The Labute approximate surface area is 133 Å². The van der Waals surface area contributed by atoms with Gasteiger partial charge in [-0.3, -0.25) is 19.4 Å². The van der Waals surface area contributed by atoms with Crippen molar-refractivity contribution in [1.29, 1.82) is 0 Å². The summed E-state index contributed by atoms with van der Waals surface area (Å²) >= 11 is 4.53. The molecule has 0 atom stereocenters. The van der Waals surface area contributed by atoms with E-state index in [0.717, 1.165) is 0 Å². The number of rotatable bonds is 2. The molecule has 0 radical (unpaired) electrons. The third-order valence-corrected chi connectivity index (χ3v) is 3.86. The monoisotopic (exact) mass is 371 g/mol. The van der Waals surface area contributed by atoms with Gasteiger partial charge in [-0.15, -0.1) is 0 Å². The fraction of sp³-hybridized carbons (Fsp3) is 0.417. The molecule has 0 spiro atoms. The Hall–Kier alpha value is -1.48. The van der Waals surface area contributed by atoms with Crippen molar-refractivity contribution in [1.82, 2.24) is 24.7 Å². The largest absolute Gasteiger partial charge is 0.339 e. The van der Waals surface area contributed by atoms with Crippen LogP contribution in [0.2, 0.25) is 0 Å². The lowest BCUT2D eigenvalue weighted by atomic mass is 9.96. The van der Waals surface area contributed by atoms with Crippen molar-refractivity contribution in [3.8, 4) is 0 Å². The smallest absolute Gasteiger partial charge is 0.265 e. The van der Waals surface area contributed by atoms with E-state index in [1.807, 2.05) is 20.8 Å². The molecule has 2 heterocycles. The van der Waals surface area contributed by atoms with Crippen LogP contribution < -0.4 is 11.1 Å². The molecule has 112 valence electrons. The Bertz CT molecular complexity index is 793. The zero-order valence-electron chi connectivity index (χ0n) is 12.0. The summed E-state index contributed by atoms with van der Waals surface area (Å²) < 4.78 is 2.04. The number of H-pyrrole nitrogens is 1. The van der Waals surface area contributed by atoms with Gasteiger partial charge in [-0.2, -0.15) is 4.98 Å². The summed E-state index contributed by atoms with van der Waals surface area (Å²) in [5.74, 6) is 0.675. The van der Waals surface area contributed by atoms with E-state index in [1.54, 1.807) is 13.1 Å². The number of hydrogen-bond acceptors (Lipinski definition) is 6. The lowest BCUT2D eigenvalue weighted by molar-refractivity contribution is 0.536. The second-order valence-electron chi connectivity index (χ2n) is 5.40. The predicted octanol–water partition coefficient (Wildman–Crippen LogP) is 1.47. The van der Waals surface area contributed by atoms with E-state index in [9.17, 15) is 9.59 Å². The van der Waals surface area contributed by atoms with Gasteiger partial charge in [-0.05, 0) is 27.7 Å². The Morgan fingerprint density at radius 1 is 1.24 bits per heavy atom. The topological polar surface area (TPSA) is 93.5 Å². The molecular weight excluding hydrogens is 358 g/mol. The summed E-state index contributed by atoms with van der Waals surface area (Å²) in [5.41, 5.74) is -1.77. The van der Waals surface area contributed by atoms with E-state index >= 15 is 0 Å². The molecule has 0 fully saturated rings. The third-order valence-electron chi connectivity index (χ3n) is 2.49. The number of nitrogens with zero attached hydrogens (tertiary/aromatic N) is 4. The van der Waals surface area contributed by atoms with Crippen LogP contribution >= 0.6 is 27.7 Å². The summed E-state index contributed by atoms with van der Waals surface area (Å²) in [5, 5.41) is 3.38. The molecule has 2 rings (SSSR count). The molecule has 0 aromatic carbocycles. The van der Waals surface area contributed by atoms with E-state index in [4.69, 9.17) is 0 Å². The van der Waals surface area contributed by atoms with Gasteiger partial charge in [0.25, 0.3) is 0 Å². The highest BCUT2D eigenvalue weighted by Crippen LogP contribution is 2.27. The Morgan fingerprint density at radius 3 is 2.52 bits per heavy atom. The normalized spacial score (nSPS) is 11.7. The van der Waals surface area contributed by atoms with E-state index in [2.05, 4.69) is 36.0 Å². The molecule has 0 aliphatic heterocycles. The maximum Gasteiger partial charge on any atom is 0.339 e. The third kappa shape index (κ3) is 3.79. The minimum atomic E-state index is -0.820. The molecule has 0 unspecified atom stereocenters. The van der Waals surface area contributed by atoms with E-state index in [1.165, 1.54) is 16.4 Å². The van der Waals surface area contributed by atoms with Crippen LogP contribution in [0.15, 0.2) is 30.4 Å². The van der Waals surface area contributed by atoms with Crippen LogP contribution in [0.4, 0.5) is 0 Å². The second-order valence-corrected chi connectivity index (χ2v) is 7.20. The number of hydrogen-bond donors (Lipinski definition) is 1. The van der Waals surface area contributed by atoms with Crippen molar-refractivity contribution in [2.75, 3.05) is 0 Å². The maximum atomic E-state index is 11.4. The first kappa shape index (κ1) is 15.9. The van der Waals surface area contributed by atoms with Gasteiger partial charge in [0, 0.05) is 18.5 Å². The van der Waals surface area contributed by atoms with Gasteiger partial charge in [-0.1, -0.05) is 20.8 Å². The summed E-state index contributed by atoms with van der Waals surface area (Å²) in [6, 6.07) is 1.73. The number of halogens is 1. The maximum absolute atomic E-state index is 11.4. The first-order valence-electron chi connectivity index (χ1n) is 6.07. The van der Waals surface area contributed by atoms with E-state index in [-0.39, 0.29) is 5.41 Å². The lowest BCUT2D eigenvalue weighted by Gasteiger charge is -2.17. The van der Waals surface area contributed by atoms with Gasteiger partial charge in [0.05, 0.1) is 0 Å². The fourth-order valence-corrected chi connectivity index (χ4v) is 2.77. The first-order chi connectivity index (χ1) is 9.66. The van der Waals surface area contributed by atoms with Crippen LogP contribution in [0.5, 0.6) is 0 Å². The van der Waals surface area contributed by atoms with Crippen LogP contribution in [-0.2, 0) is 12.5 Å². The molecule has 7 nitrogen and oxygen atoms in total. The highest BCUT2D eigenvalue weighted by molar-refractivity contribution is 9.10. The van der Waals surface area contributed by atoms with Crippen molar-refractivity contribution in [2.24, 2.45) is 7.05 Å². The summed E-state index contributed by atoms with van der Waals surface area (Å²) in [7, 11) is 1.61. The Balaban J connectivity index is 2.45. The molecule has 0 saturated heterocycles. The standard InChI is InChI=1S/C12H14BrN5O2S/c1-12(2,3)10-14-6(13)5-7(15-10)21-11-16-8(19)9(20)17-18(11)4/h5H,1-4H3,(H,17,20). The van der Waals surface area contributed by atoms with Crippen molar-refractivity contribution in [3.05, 3.63) is 37.2 Å². The Morgan fingerprint density at radius 2 is 1.90 bits per heavy atom. The van der Waals surface area contributed by atoms with Gasteiger partial charge in [0.2, 0.25) is 0 Å².